The average Bonchev–Trinajstić information content (AvgIpc) is 2.16. The highest BCUT2D eigenvalue weighted by Gasteiger charge is 2.24. The number of hydrogen-bond donors (Lipinski definition) is 1. The van der Waals surface area contributed by atoms with Crippen LogP contribution in [0.2, 0.25) is 0 Å². The van der Waals surface area contributed by atoms with Crippen LogP contribution in [-0.4, -0.2) is 48.5 Å². The van der Waals surface area contributed by atoms with Crippen molar-refractivity contribution in [3.05, 3.63) is 0 Å². The molecule has 1 amide bonds. The SMILES string of the molecule is COC(=O)NC(=S)N1CC(C)OC(C)C1. The first-order valence-electron chi connectivity index (χ1n) is 4.82. The average molecular weight is 232 g/mol. The highest BCUT2D eigenvalue weighted by Crippen LogP contribution is 2.10. The van der Waals surface area contributed by atoms with Gasteiger partial charge in [-0.15, -0.1) is 0 Å². The number of hydrogen-bond acceptors (Lipinski definition) is 4. The molecule has 5 nitrogen and oxygen atoms in total. The van der Waals surface area contributed by atoms with Crippen LogP contribution < -0.4 is 5.32 Å². The van der Waals surface area contributed by atoms with Gasteiger partial charge in [-0.1, -0.05) is 0 Å². The number of ether oxygens (including phenoxy) is 2. The van der Waals surface area contributed by atoms with Crippen molar-refractivity contribution in [2.45, 2.75) is 26.1 Å². The summed E-state index contributed by atoms with van der Waals surface area (Å²) in [6, 6.07) is 0. The molecule has 0 radical (unpaired) electrons. The van der Waals surface area contributed by atoms with E-state index >= 15 is 0 Å². The van der Waals surface area contributed by atoms with E-state index < -0.39 is 6.09 Å². The van der Waals surface area contributed by atoms with Crippen molar-refractivity contribution in [3.8, 4) is 0 Å². The van der Waals surface area contributed by atoms with Crippen LogP contribution in [-0.2, 0) is 9.47 Å². The summed E-state index contributed by atoms with van der Waals surface area (Å²) < 4.78 is 10.0. The lowest BCUT2D eigenvalue weighted by Gasteiger charge is -2.36. The van der Waals surface area contributed by atoms with Gasteiger partial charge in [0.25, 0.3) is 0 Å². The third-order valence-corrected chi connectivity index (χ3v) is 2.46. The Bertz CT molecular complexity index is 250. The molecule has 1 aliphatic heterocycles. The minimum Gasteiger partial charge on any atom is -0.453 e. The zero-order chi connectivity index (χ0) is 11.4. The molecule has 15 heavy (non-hydrogen) atoms. The second-order valence-corrected chi connectivity index (χ2v) is 3.97. The predicted molar refractivity (Wildman–Crippen MR) is 59.7 cm³/mol. The van der Waals surface area contributed by atoms with Gasteiger partial charge in [0.2, 0.25) is 0 Å². The maximum absolute atomic E-state index is 10.9. The number of nitrogens with one attached hydrogen (secondary N) is 1. The maximum atomic E-state index is 10.9. The van der Waals surface area contributed by atoms with Crippen LogP contribution in [0.15, 0.2) is 0 Å². The highest BCUT2D eigenvalue weighted by atomic mass is 32.1. The Morgan fingerprint density at radius 3 is 2.47 bits per heavy atom. The standard InChI is InChI=1S/C9H16N2O3S/c1-6-4-11(5-7(2)14-6)8(15)10-9(12)13-3/h6-7H,4-5H2,1-3H3,(H,10,12,15). The maximum Gasteiger partial charge on any atom is 0.413 e. The number of carbonyl (C=O) groups excluding carboxylic acids is 1. The van der Waals surface area contributed by atoms with E-state index in [1.165, 1.54) is 7.11 Å². The van der Waals surface area contributed by atoms with E-state index in [2.05, 4.69) is 10.1 Å². The zero-order valence-electron chi connectivity index (χ0n) is 9.15. The first kappa shape index (κ1) is 12.2. The third kappa shape index (κ3) is 3.64. The summed E-state index contributed by atoms with van der Waals surface area (Å²) in [5.41, 5.74) is 0. The van der Waals surface area contributed by atoms with Crippen LogP contribution in [0.5, 0.6) is 0 Å². The first-order valence-corrected chi connectivity index (χ1v) is 5.23. The van der Waals surface area contributed by atoms with E-state index in [1.807, 2.05) is 18.7 Å². The van der Waals surface area contributed by atoms with Gasteiger partial charge in [-0.2, -0.15) is 0 Å². The van der Waals surface area contributed by atoms with E-state index in [-0.39, 0.29) is 12.2 Å². The Morgan fingerprint density at radius 1 is 1.47 bits per heavy atom. The summed E-state index contributed by atoms with van der Waals surface area (Å²) in [4.78, 5) is 12.9. The quantitative estimate of drug-likeness (QED) is 0.624. The van der Waals surface area contributed by atoms with Gasteiger partial charge in [0.1, 0.15) is 0 Å². The first-order chi connectivity index (χ1) is 7.02. The summed E-state index contributed by atoms with van der Waals surface area (Å²) in [5, 5.41) is 2.87. The Hall–Kier alpha value is -0.880. The van der Waals surface area contributed by atoms with Crippen molar-refractivity contribution >= 4 is 23.4 Å². The Kier molecular flexibility index (Phi) is 4.28. The van der Waals surface area contributed by atoms with Gasteiger partial charge in [0.15, 0.2) is 5.11 Å². The fraction of sp³-hybridized carbons (Fsp3) is 0.778. The smallest absolute Gasteiger partial charge is 0.413 e. The van der Waals surface area contributed by atoms with E-state index in [1.54, 1.807) is 0 Å². The van der Waals surface area contributed by atoms with Crippen molar-refractivity contribution in [3.63, 3.8) is 0 Å². The fourth-order valence-electron chi connectivity index (χ4n) is 1.56. The number of morpholine rings is 1. The number of rotatable bonds is 0. The van der Waals surface area contributed by atoms with Crippen molar-refractivity contribution in [2.75, 3.05) is 20.2 Å². The minimum absolute atomic E-state index is 0.117. The molecule has 86 valence electrons. The summed E-state index contributed by atoms with van der Waals surface area (Å²) >= 11 is 5.08. The second kappa shape index (κ2) is 5.27. The lowest BCUT2D eigenvalue weighted by Crippen LogP contribution is -2.52. The Morgan fingerprint density at radius 2 is 2.00 bits per heavy atom. The van der Waals surface area contributed by atoms with Crippen molar-refractivity contribution in [2.24, 2.45) is 0 Å². The normalized spacial score (nSPS) is 25.9. The number of carbonyl (C=O) groups is 1. The van der Waals surface area contributed by atoms with E-state index in [9.17, 15) is 4.79 Å². The third-order valence-electron chi connectivity index (χ3n) is 2.10. The Balaban J connectivity index is 2.48. The molecule has 2 atom stereocenters. The molecule has 6 heteroatoms. The van der Waals surface area contributed by atoms with E-state index in [0.29, 0.717) is 18.2 Å². The highest BCUT2D eigenvalue weighted by molar-refractivity contribution is 7.80. The molecule has 0 aromatic carbocycles. The van der Waals surface area contributed by atoms with Crippen LogP contribution >= 0.6 is 12.2 Å². The van der Waals surface area contributed by atoms with E-state index in [4.69, 9.17) is 17.0 Å². The largest absolute Gasteiger partial charge is 0.453 e. The lowest BCUT2D eigenvalue weighted by atomic mass is 10.2. The zero-order valence-corrected chi connectivity index (χ0v) is 9.97. The van der Waals surface area contributed by atoms with Gasteiger partial charge in [-0.3, -0.25) is 5.32 Å². The van der Waals surface area contributed by atoms with Gasteiger partial charge in [-0.05, 0) is 26.1 Å². The number of alkyl carbamates (subject to hydrolysis) is 1. The molecule has 1 aliphatic rings. The molecule has 0 bridgehead atoms. The summed E-state index contributed by atoms with van der Waals surface area (Å²) in [7, 11) is 1.31. The number of nitrogens with zero attached hydrogens (tertiary/aromatic N) is 1. The number of thiocarbonyl (C=S) groups is 1. The predicted octanol–water partition coefficient (Wildman–Crippen LogP) is 0.737. The van der Waals surface area contributed by atoms with E-state index in [0.717, 1.165) is 0 Å². The van der Waals surface area contributed by atoms with Gasteiger partial charge < -0.3 is 14.4 Å². The van der Waals surface area contributed by atoms with Gasteiger partial charge in [-0.25, -0.2) is 4.79 Å². The summed E-state index contributed by atoms with van der Waals surface area (Å²) in [6.45, 7) is 5.33. The number of amides is 1. The number of methoxy groups -OCH3 is 1. The molecule has 1 rings (SSSR count). The molecule has 2 unspecified atom stereocenters. The molecule has 1 heterocycles. The fourth-order valence-corrected chi connectivity index (χ4v) is 1.79. The van der Waals surface area contributed by atoms with Gasteiger partial charge >= 0.3 is 6.09 Å². The van der Waals surface area contributed by atoms with Crippen LogP contribution in [0.25, 0.3) is 0 Å². The minimum atomic E-state index is -0.535. The van der Waals surface area contributed by atoms with Gasteiger partial charge in [0, 0.05) is 13.1 Å². The van der Waals surface area contributed by atoms with Gasteiger partial charge in [0.05, 0.1) is 19.3 Å². The topological polar surface area (TPSA) is 50.8 Å². The van der Waals surface area contributed by atoms with Crippen LogP contribution in [0, 0.1) is 0 Å². The van der Waals surface area contributed by atoms with Crippen LogP contribution in [0.4, 0.5) is 4.79 Å². The summed E-state index contributed by atoms with van der Waals surface area (Å²) in [5.74, 6) is 0. The van der Waals surface area contributed by atoms with Crippen molar-refractivity contribution in [1.82, 2.24) is 10.2 Å². The monoisotopic (exact) mass is 232 g/mol. The summed E-state index contributed by atoms with van der Waals surface area (Å²) in [6.07, 6.45) is -0.302. The molecular weight excluding hydrogens is 216 g/mol. The second-order valence-electron chi connectivity index (χ2n) is 3.58. The molecule has 1 fully saturated rings. The van der Waals surface area contributed by atoms with Crippen molar-refractivity contribution in [1.29, 1.82) is 0 Å². The molecule has 0 aromatic rings. The lowest BCUT2D eigenvalue weighted by molar-refractivity contribution is -0.0481. The van der Waals surface area contributed by atoms with Crippen LogP contribution in [0.3, 0.4) is 0 Å². The van der Waals surface area contributed by atoms with Crippen molar-refractivity contribution < 1.29 is 14.3 Å². The molecule has 0 spiro atoms. The molecular formula is C9H16N2O3S. The molecule has 1 N–H and O–H groups in total. The molecule has 0 aliphatic carbocycles. The molecule has 0 saturated carbocycles. The molecule has 0 aromatic heterocycles. The Labute approximate surface area is 94.7 Å². The van der Waals surface area contributed by atoms with Crippen LogP contribution in [0.1, 0.15) is 13.8 Å². The molecule has 1 saturated heterocycles.